The smallest absolute Gasteiger partial charge is 0.337 e. The number of allylic oxidation sites excluding steroid dienone is 1. The Morgan fingerprint density at radius 2 is 2.07 bits per heavy atom. The summed E-state index contributed by atoms with van der Waals surface area (Å²) in [7, 11) is 0.978. The average molecular weight is 403 g/mol. The van der Waals surface area contributed by atoms with Crippen molar-refractivity contribution in [2.24, 2.45) is 0 Å². The summed E-state index contributed by atoms with van der Waals surface area (Å²) in [4.78, 5) is 24.5. The van der Waals surface area contributed by atoms with Gasteiger partial charge in [-0.2, -0.15) is 0 Å². The number of benzene rings is 1. The molecule has 0 radical (unpaired) electrons. The summed E-state index contributed by atoms with van der Waals surface area (Å²) in [6, 6.07) is 1.02. The molecular weight excluding hydrogens is 389 g/mol. The molecule has 0 fully saturated rings. The first-order valence-electron chi connectivity index (χ1n) is 8.07. The molecule has 1 aromatic carbocycles. The molecule has 1 aromatic rings. The van der Waals surface area contributed by atoms with Crippen molar-refractivity contribution in [2.45, 2.75) is 12.1 Å². The highest BCUT2D eigenvalue weighted by Crippen LogP contribution is 2.45. The van der Waals surface area contributed by atoms with E-state index in [0.717, 1.165) is 7.11 Å². The van der Waals surface area contributed by atoms with Gasteiger partial charge in [0.1, 0.15) is 31.6 Å². The van der Waals surface area contributed by atoms with E-state index in [1.54, 1.807) is 0 Å². The van der Waals surface area contributed by atoms with Gasteiger partial charge in [-0.25, -0.2) is 31.5 Å². The molecule has 28 heavy (non-hydrogen) atoms. The first-order chi connectivity index (χ1) is 13.3. The maximum Gasteiger partial charge on any atom is 0.337 e. The zero-order chi connectivity index (χ0) is 20.6. The minimum atomic E-state index is -2.50. The van der Waals surface area contributed by atoms with Crippen molar-refractivity contribution in [3.63, 3.8) is 0 Å². The number of hydrogen-bond acceptors (Lipinski definition) is 5. The lowest BCUT2D eigenvalue weighted by Gasteiger charge is -2.29. The summed E-state index contributed by atoms with van der Waals surface area (Å²) in [5.41, 5.74) is -2.42. The summed E-state index contributed by atoms with van der Waals surface area (Å²) in [6.45, 7) is -3.16. The number of ether oxygens (including phenoxy) is 2. The second kappa shape index (κ2) is 7.61. The fraction of sp³-hybridized carbons (Fsp3) is 0.333. The van der Waals surface area contributed by atoms with Crippen LogP contribution in [0.3, 0.4) is 0 Å². The van der Waals surface area contributed by atoms with E-state index in [1.807, 2.05) is 0 Å². The molecule has 5 nitrogen and oxygen atoms in total. The molecule has 1 N–H and O–H groups in total. The molecule has 0 aliphatic carbocycles. The fourth-order valence-electron chi connectivity index (χ4n) is 3.40. The van der Waals surface area contributed by atoms with Gasteiger partial charge in [-0.1, -0.05) is 0 Å². The quantitative estimate of drug-likeness (QED) is 0.605. The van der Waals surface area contributed by atoms with Gasteiger partial charge in [-0.15, -0.1) is 0 Å². The lowest BCUT2D eigenvalue weighted by atomic mass is 9.78. The molecule has 2 heterocycles. The van der Waals surface area contributed by atoms with Crippen LogP contribution in [-0.2, 0) is 19.1 Å². The van der Waals surface area contributed by atoms with Crippen molar-refractivity contribution in [1.29, 1.82) is 0 Å². The van der Waals surface area contributed by atoms with Crippen LogP contribution >= 0.6 is 0 Å². The van der Waals surface area contributed by atoms with Gasteiger partial charge in [0.2, 0.25) is 0 Å². The van der Waals surface area contributed by atoms with Gasteiger partial charge >= 0.3 is 11.9 Å². The number of nitrogens with one attached hydrogen (secondary N) is 1. The monoisotopic (exact) mass is 403 g/mol. The Morgan fingerprint density at radius 3 is 2.68 bits per heavy atom. The predicted molar refractivity (Wildman–Crippen MR) is 85.1 cm³/mol. The Bertz CT molecular complexity index is 911. The molecule has 0 amide bonds. The normalized spacial score (nSPS) is 19.9. The molecule has 2 atom stereocenters. The Labute approximate surface area is 155 Å². The lowest BCUT2D eigenvalue weighted by molar-refractivity contribution is -0.136. The van der Waals surface area contributed by atoms with Gasteiger partial charge in [-0.3, -0.25) is 0 Å². The van der Waals surface area contributed by atoms with E-state index in [0.29, 0.717) is 12.1 Å². The highest BCUT2D eigenvalue weighted by atomic mass is 19.2. The van der Waals surface area contributed by atoms with Gasteiger partial charge in [0.05, 0.1) is 35.6 Å². The standard InChI is InChI=1S/C18H14F5NO4/c1-27-17(25)15-11(5-20)24-12-6-28-18(26)16(12)14(15)8-2-7(21)3-9(22)13(8)10(23)4-19/h2-3,10,14,24H,4-6H2,1H3. The van der Waals surface area contributed by atoms with Crippen LogP contribution in [0.4, 0.5) is 22.0 Å². The van der Waals surface area contributed by atoms with Crippen LogP contribution in [-0.4, -0.2) is 39.0 Å². The van der Waals surface area contributed by atoms with Gasteiger partial charge in [0, 0.05) is 11.6 Å². The van der Waals surface area contributed by atoms with Gasteiger partial charge in [0.25, 0.3) is 0 Å². The number of carbonyl (C=O) groups excluding carboxylic acids is 2. The predicted octanol–water partition coefficient (Wildman–Crippen LogP) is 2.84. The Hall–Kier alpha value is -2.91. The van der Waals surface area contributed by atoms with Crippen molar-refractivity contribution < 1.29 is 41.0 Å². The van der Waals surface area contributed by atoms with Crippen LogP contribution in [0.2, 0.25) is 0 Å². The van der Waals surface area contributed by atoms with E-state index in [9.17, 15) is 31.5 Å². The number of hydrogen-bond donors (Lipinski definition) is 1. The molecule has 2 unspecified atom stereocenters. The molecule has 2 aliphatic heterocycles. The average Bonchev–Trinajstić information content (AvgIpc) is 3.05. The SMILES string of the molecule is COC(=O)C1=C(CF)NC2=C(C(=O)OC2)C1c1cc(F)cc(F)c1C(F)CF. The second-order valence-corrected chi connectivity index (χ2v) is 6.06. The van der Waals surface area contributed by atoms with E-state index in [4.69, 9.17) is 4.74 Å². The Kier molecular flexibility index (Phi) is 5.39. The van der Waals surface area contributed by atoms with Crippen LogP contribution in [0.5, 0.6) is 0 Å². The largest absolute Gasteiger partial charge is 0.466 e. The van der Waals surface area contributed by atoms with Gasteiger partial charge in [-0.05, 0) is 11.6 Å². The van der Waals surface area contributed by atoms with Crippen LogP contribution in [0.15, 0.2) is 34.7 Å². The third-order valence-electron chi connectivity index (χ3n) is 4.52. The number of dihydropyridines is 1. The Balaban J connectivity index is 2.35. The molecule has 0 spiro atoms. The van der Waals surface area contributed by atoms with E-state index < -0.39 is 65.7 Å². The highest BCUT2D eigenvalue weighted by molar-refractivity contribution is 6.01. The van der Waals surface area contributed by atoms with Gasteiger partial charge in [0.15, 0.2) is 6.17 Å². The van der Waals surface area contributed by atoms with Crippen molar-refractivity contribution in [1.82, 2.24) is 5.32 Å². The fourth-order valence-corrected chi connectivity index (χ4v) is 3.40. The maximum absolute atomic E-state index is 14.3. The van der Waals surface area contributed by atoms with Crippen molar-refractivity contribution >= 4 is 11.9 Å². The molecule has 0 saturated heterocycles. The zero-order valence-electron chi connectivity index (χ0n) is 14.5. The number of cyclic esters (lactones) is 1. The molecule has 3 rings (SSSR count). The van der Waals surface area contributed by atoms with Crippen LogP contribution in [0.25, 0.3) is 0 Å². The molecule has 10 heteroatoms. The Morgan fingerprint density at radius 1 is 1.36 bits per heavy atom. The van der Waals surface area contributed by atoms with E-state index in [-0.39, 0.29) is 23.6 Å². The summed E-state index contributed by atoms with van der Waals surface area (Å²) >= 11 is 0. The minimum absolute atomic E-state index is 0.0570. The molecule has 0 aromatic heterocycles. The summed E-state index contributed by atoms with van der Waals surface area (Å²) in [5.74, 6) is -6.21. The third kappa shape index (κ3) is 3.12. The molecule has 2 aliphatic rings. The summed E-state index contributed by atoms with van der Waals surface area (Å²) in [5, 5.41) is 2.53. The third-order valence-corrected chi connectivity index (χ3v) is 4.52. The van der Waals surface area contributed by atoms with Crippen LogP contribution in [0, 0.1) is 11.6 Å². The minimum Gasteiger partial charge on any atom is -0.466 e. The van der Waals surface area contributed by atoms with Crippen molar-refractivity contribution in [3.8, 4) is 0 Å². The van der Waals surface area contributed by atoms with E-state index in [1.165, 1.54) is 0 Å². The number of methoxy groups -OCH3 is 1. The maximum atomic E-state index is 14.3. The molecule has 0 bridgehead atoms. The number of halogens is 5. The first-order valence-corrected chi connectivity index (χ1v) is 8.07. The second-order valence-electron chi connectivity index (χ2n) is 6.06. The number of esters is 2. The molecule has 150 valence electrons. The topological polar surface area (TPSA) is 64.6 Å². The molecular formula is C18H14F5NO4. The first kappa shape index (κ1) is 19.8. The summed E-state index contributed by atoms with van der Waals surface area (Å²) < 4.78 is 78.6. The van der Waals surface area contributed by atoms with Gasteiger partial charge < -0.3 is 14.8 Å². The van der Waals surface area contributed by atoms with Crippen LogP contribution < -0.4 is 5.32 Å². The van der Waals surface area contributed by atoms with E-state index >= 15 is 0 Å². The molecule has 0 saturated carbocycles. The number of rotatable bonds is 5. The van der Waals surface area contributed by atoms with Crippen molar-refractivity contribution in [2.75, 3.05) is 27.1 Å². The zero-order valence-corrected chi connectivity index (χ0v) is 14.5. The number of alkyl halides is 3. The van der Waals surface area contributed by atoms with Crippen molar-refractivity contribution in [3.05, 3.63) is 57.4 Å². The van der Waals surface area contributed by atoms with Crippen LogP contribution in [0.1, 0.15) is 23.2 Å². The van der Waals surface area contributed by atoms with E-state index in [2.05, 4.69) is 10.1 Å². The summed E-state index contributed by atoms with van der Waals surface area (Å²) in [6.07, 6.45) is -2.50. The lowest BCUT2D eigenvalue weighted by Crippen LogP contribution is -2.32. The number of carbonyl (C=O) groups is 2. The highest BCUT2D eigenvalue weighted by Gasteiger charge is 2.44.